The highest BCUT2D eigenvalue weighted by atomic mass is 16.1. The maximum atomic E-state index is 12.9. The number of carbonyl (C=O) groups excluding carboxylic acids is 1. The minimum Gasteiger partial charge on any atom is -0.289 e. The summed E-state index contributed by atoms with van der Waals surface area (Å²) in [6.45, 7) is 4.13. The van der Waals surface area contributed by atoms with Crippen LogP contribution >= 0.6 is 0 Å². The molecule has 170 valence electrons. The summed E-state index contributed by atoms with van der Waals surface area (Å²) in [6.07, 6.45) is 7.19. The van der Waals surface area contributed by atoms with Crippen LogP contribution in [-0.2, 0) is 0 Å². The molecule has 3 aromatic carbocycles. The number of hydrogen-bond donors (Lipinski definition) is 0. The van der Waals surface area contributed by atoms with Gasteiger partial charge in [0.25, 0.3) is 0 Å². The Hall–Kier alpha value is -4.57. The van der Waals surface area contributed by atoms with Gasteiger partial charge in [0.1, 0.15) is 0 Å². The van der Waals surface area contributed by atoms with E-state index in [1.54, 1.807) is 12.3 Å². The van der Waals surface area contributed by atoms with Crippen LogP contribution in [-0.4, -0.2) is 20.5 Å². The molecular weight excluding hydrogens is 430 g/mol. The molecule has 0 amide bonds. The van der Waals surface area contributed by atoms with Crippen molar-refractivity contribution in [1.82, 2.24) is 14.8 Å². The van der Waals surface area contributed by atoms with E-state index >= 15 is 0 Å². The zero-order chi connectivity index (χ0) is 24.2. The molecular formula is C31H25N3O. The largest absolute Gasteiger partial charge is 0.289 e. The van der Waals surface area contributed by atoms with Crippen LogP contribution in [0.1, 0.15) is 27.0 Å². The first kappa shape index (κ1) is 22.2. The summed E-state index contributed by atoms with van der Waals surface area (Å²) in [4.78, 5) is 17.3. The number of hydrogen-bond acceptors (Lipinski definition) is 3. The van der Waals surface area contributed by atoms with E-state index in [1.165, 1.54) is 11.1 Å². The van der Waals surface area contributed by atoms with Crippen molar-refractivity contribution in [2.45, 2.75) is 13.8 Å². The van der Waals surface area contributed by atoms with Gasteiger partial charge in [0.2, 0.25) is 0 Å². The van der Waals surface area contributed by atoms with E-state index in [0.717, 1.165) is 33.8 Å². The fraction of sp³-hybridized carbons (Fsp3) is 0.0645. The van der Waals surface area contributed by atoms with Crippen LogP contribution in [0.3, 0.4) is 0 Å². The molecule has 0 unspecified atom stereocenters. The lowest BCUT2D eigenvalue weighted by atomic mass is 10.0. The molecule has 0 saturated heterocycles. The van der Waals surface area contributed by atoms with Crippen LogP contribution in [0.4, 0.5) is 0 Å². The number of aryl methyl sites for hydroxylation is 2. The normalized spacial score (nSPS) is 11.1. The van der Waals surface area contributed by atoms with Crippen molar-refractivity contribution in [3.63, 3.8) is 0 Å². The number of rotatable bonds is 6. The Morgan fingerprint density at radius 1 is 0.771 bits per heavy atom. The minimum atomic E-state index is -0.0597. The third kappa shape index (κ3) is 5.02. The summed E-state index contributed by atoms with van der Waals surface area (Å²) in [5.41, 5.74) is 8.57. The smallest absolute Gasteiger partial charge is 0.185 e. The van der Waals surface area contributed by atoms with Gasteiger partial charge >= 0.3 is 0 Å². The van der Waals surface area contributed by atoms with Gasteiger partial charge in [0.15, 0.2) is 5.78 Å². The van der Waals surface area contributed by atoms with Crippen molar-refractivity contribution >= 4 is 11.9 Å². The van der Waals surface area contributed by atoms with E-state index in [9.17, 15) is 4.79 Å². The maximum Gasteiger partial charge on any atom is 0.185 e. The van der Waals surface area contributed by atoms with Gasteiger partial charge in [-0.15, -0.1) is 0 Å². The summed E-state index contributed by atoms with van der Waals surface area (Å²) in [7, 11) is 0. The van der Waals surface area contributed by atoms with Crippen LogP contribution in [0.2, 0.25) is 0 Å². The molecule has 0 bridgehead atoms. The predicted molar refractivity (Wildman–Crippen MR) is 142 cm³/mol. The molecule has 4 nitrogen and oxygen atoms in total. The van der Waals surface area contributed by atoms with Gasteiger partial charge in [-0.1, -0.05) is 77.9 Å². The molecule has 5 rings (SSSR count). The van der Waals surface area contributed by atoms with Gasteiger partial charge < -0.3 is 0 Å². The zero-order valence-corrected chi connectivity index (χ0v) is 19.7. The summed E-state index contributed by atoms with van der Waals surface area (Å²) in [5.74, 6) is -0.0597. The number of benzene rings is 3. The molecule has 0 atom stereocenters. The molecule has 0 saturated carbocycles. The zero-order valence-electron chi connectivity index (χ0n) is 19.7. The molecule has 35 heavy (non-hydrogen) atoms. The lowest BCUT2D eigenvalue weighted by Crippen LogP contribution is -1.94. The average Bonchev–Trinajstić information content (AvgIpc) is 3.33. The third-order valence-corrected chi connectivity index (χ3v) is 5.91. The Bertz CT molecular complexity index is 1480. The van der Waals surface area contributed by atoms with Crippen LogP contribution < -0.4 is 0 Å². The molecule has 5 aromatic rings. The van der Waals surface area contributed by atoms with Crippen molar-refractivity contribution in [1.29, 1.82) is 0 Å². The van der Waals surface area contributed by atoms with Gasteiger partial charge in [-0.3, -0.25) is 9.78 Å². The first-order valence-electron chi connectivity index (χ1n) is 11.5. The van der Waals surface area contributed by atoms with Crippen LogP contribution in [0.25, 0.3) is 34.3 Å². The van der Waals surface area contributed by atoms with E-state index in [2.05, 4.69) is 55.2 Å². The van der Waals surface area contributed by atoms with Crippen molar-refractivity contribution in [2.75, 3.05) is 0 Å². The average molecular weight is 456 g/mol. The lowest BCUT2D eigenvalue weighted by Gasteiger charge is -2.02. The summed E-state index contributed by atoms with van der Waals surface area (Å²) in [6, 6.07) is 29.8. The first-order valence-corrected chi connectivity index (χ1v) is 11.5. The SMILES string of the molecule is Cc1ccc(-c2nn(-c3ccc(C)cc3)cc2/C=C/C(=O)c2ccc(-c3ccccn3)cc2)cc1. The predicted octanol–water partition coefficient (Wildman–Crippen LogP) is 7.11. The van der Waals surface area contributed by atoms with Gasteiger partial charge in [-0.25, -0.2) is 4.68 Å². The molecule has 0 aliphatic carbocycles. The van der Waals surface area contributed by atoms with Crippen molar-refractivity contribution < 1.29 is 4.79 Å². The number of allylic oxidation sites excluding steroid dienone is 1. The maximum absolute atomic E-state index is 12.9. The number of ketones is 1. The van der Waals surface area contributed by atoms with Crippen molar-refractivity contribution in [3.05, 3.63) is 132 Å². The topological polar surface area (TPSA) is 47.8 Å². The fourth-order valence-corrected chi connectivity index (χ4v) is 3.88. The van der Waals surface area contributed by atoms with Crippen LogP contribution in [0.15, 0.2) is 109 Å². The van der Waals surface area contributed by atoms with E-state index in [4.69, 9.17) is 5.10 Å². The number of pyridine rings is 1. The summed E-state index contributed by atoms with van der Waals surface area (Å²) >= 11 is 0. The highest BCUT2D eigenvalue weighted by molar-refractivity contribution is 6.07. The van der Waals surface area contributed by atoms with Crippen LogP contribution in [0, 0.1) is 13.8 Å². The molecule has 4 heteroatoms. The van der Waals surface area contributed by atoms with E-state index < -0.39 is 0 Å². The molecule has 0 spiro atoms. The second-order valence-corrected chi connectivity index (χ2v) is 8.57. The molecule has 2 heterocycles. The Balaban J connectivity index is 1.45. The van der Waals surface area contributed by atoms with Gasteiger partial charge in [-0.05, 0) is 50.3 Å². The van der Waals surface area contributed by atoms with Gasteiger partial charge in [0, 0.05) is 34.6 Å². The Morgan fingerprint density at radius 2 is 1.43 bits per heavy atom. The number of carbonyl (C=O) groups is 1. The molecule has 0 fully saturated rings. The second-order valence-electron chi connectivity index (χ2n) is 8.57. The number of nitrogens with zero attached hydrogens (tertiary/aromatic N) is 3. The monoisotopic (exact) mass is 455 g/mol. The van der Waals surface area contributed by atoms with E-state index in [-0.39, 0.29) is 5.78 Å². The van der Waals surface area contributed by atoms with Gasteiger partial charge in [-0.2, -0.15) is 5.10 Å². The Kier molecular flexibility index (Phi) is 6.18. The third-order valence-electron chi connectivity index (χ3n) is 5.91. The Labute approximate surface area is 205 Å². The van der Waals surface area contributed by atoms with E-state index in [0.29, 0.717) is 5.56 Å². The standard InChI is InChI=1S/C31H25N3O/c1-22-6-10-26(11-7-22)31-27(21-34(33-31)28-17-8-23(2)9-18-28)16-19-30(35)25-14-12-24(13-15-25)29-5-3-4-20-32-29/h3-21H,1-2H3/b19-16+. The minimum absolute atomic E-state index is 0.0597. The van der Waals surface area contributed by atoms with E-state index in [1.807, 2.05) is 71.6 Å². The quantitative estimate of drug-likeness (QED) is 0.202. The Morgan fingerprint density at radius 3 is 2.09 bits per heavy atom. The van der Waals surface area contributed by atoms with Crippen LogP contribution in [0.5, 0.6) is 0 Å². The fourth-order valence-electron chi connectivity index (χ4n) is 3.88. The summed E-state index contributed by atoms with van der Waals surface area (Å²) < 4.78 is 1.86. The van der Waals surface area contributed by atoms with Crippen molar-refractivity contribution in [3.8, 4) is 28.2 Å². The van der Waals surface area contributed by atoms with Crippen molar-refractivity contribution in [2.24, 2.45) is 0 Å². The van der Waals surface area contributed by atoms with Gasteiger partial charge in [0.05, 0.1) is 17.1 Å². The molecule has 0 radical (unpaired) electrons. The second kappa shape index (κ2) is 9.74. The molecule has 0 N–H and O–H groups in total. The first-order chi connectivity index (χ1) is 17.1. The number of aromatic nitrogens is 3. The highest BCUT2D eigenvalue weighted by Crippen LogP contribution is 2.26. The molecule has 0 aliphatic heterocycles. The summed E-state index contributed by atoms with van der Waals surface area (Å²) in [5, 5.41) is 4.85. The highest BCUT2D eigenvalue weighted by Gasteiger charge is 2.12. The lowest BCUT2D eigenvalue weighted by molar-refractivity contribution is 0.104. The molecule has 2 aromatic heterocycles. The molecule has 0 aliphatic rings.